The molecule has 0 aliphatic heterocycles. The summed E-state index contributed by atoms with van der Waals surface area (Å²) in [6.45, 7) is 7.84. The van der Waals surface area contributed by atoms with E-state index >= 15 is 0 Å². The van der Waals surface area contributed by atoms with Crippen LogP contribution in [-0.2, 0) is 9.53 Å². The first-order valence-corrected chi connectivity index (χ1v) is 6.59. The lowest BCUT2D eigenvalue weighted by Crippen LogP contribution is -2.36. The van der Waals surface area contributed by atoms with E-state index in [1.54, 1.807) is 6.07 Å². The van der Waals surface area contributed by atoms with Gasteiger partial charge < -0.3 is 15.5 Å². The Hall–Kier alpha value is -1.89. The van der Waals surface area contributed by atoms with Crippen LogP contribution >= 0.6 is 0 Å². The molecule has 1 rings (SSSR count). The smallest absolute Gasteiger partial charge is 0.328 e. The van der Waals surface area contributed by atoms with Crippen molar-refractivity contribution in [3.05, 3.63) is 11.9 Å². The average molecular weight is 281 g/mol. The van der Waals surface area contributed by atoms with E-state index in [4.69, 9.17) is 10.6 Å². The Morgan fingerprint density at radius 2 is 1.85 bits per heavy atom. The number of nitrogens with two attached hydrogens (primary N) is 1. The van der Waals surface area contributed by atoms with Crippen LogP contribution in [0.1, 0.15) is 39.4 Å². The summed E-state index contributed by atoms with van der Waals surface area (Å²) in [5.74, 6) is 6.98. The molecule has 1 aromatic rings. The van der Waals surface area contributed by atoms with Crippen LogP contribution < -0.4 is 16.6 Å². The highest BCUT2D eigenvalue weighted by atomic mass is 16.5. The number of carbonyl (C=O) groups is 1. The molecule has 0 spiro atoms. The molecule has 0 saturated heterocycles. The summed E-state index contributed by atoms with van der Waals surface area (Å²) in [6.07, 6.45) is 0. The van der Waals surface area contributed by atoms with Crippen LogP contribution in [-0.4, -0.2) is 29.1 Å². The van der Waals surface area contributed by atoms with E-state index in [0.717, 1.165) is 0 Å². The van der Waals surface area contributed by atoms with Crippen molar-refractivity contribution >= 4 is 17.6 Å². The lowest BCUT2D eigenvalue weighted by atomic mass is 10.0. The van der Waals surface area contributed by atoms with Gasteiger partial charge in [0.15, 0.2) is 0 Å². The molecule has 20 heavy (non-hydrogen) atoms. The Balaban J connectivity index is 3.05. The van der Waals surface area contributed by atoms with Gasteiger partial charge in [-0.3, -0.25) is 0 Å². The van der Waals surface area contributed by atoms with Crippen molar-refractivity contribution in [2.24, 2.45) is 11.8 Å². The number of esters is 1. The van der Waals surface area contributed by atoms with Crippen LogP contribution in [0.4, 0.5) is 11.6 Å². The number of nitrogens with one attached hydrogen (secondary N) is 2. The van der Waals surface area contributed by atoms with Gasteiger partial charge in [0, 0.05) is 12.0 Å². The summed E-state index contributed by atoms with van der Waals surface area (Å²) < 4.78 is 4.79. The van der Waals surface area contributed by atoms with Crippen LogP contribution in [0.25, 0.3) is 0 Å². The Morgan fingerprint density at radius 1 is 1.25 bits per heavy atom. The number of methoxy groups -OCH3 is 1. The summed E-state index contributed by atoms with van der Waals surface area (Å²) in [7, 11) is 1.37. The highest BCUT2D eigenvalue weighted by Gasteiger charge is 2.23. The van der Waals surface area contributed by atoms with Crippen LogP contribution in [0.5, 0.6) is 0 Å². The van der Waals surface area contributed by atoms with E-state index in [1.165, 1.54) is 7.11 Å². The van der Waals surface area contributed by atoms with Gasteiger partial charge >= 0.3 is 5.97 Å². The van der Waals surface area contributed by atoms with Crippen molar-refractivity contribution in [3.8, 4) is 0 Å². The molecule has 1 unspecified atom stereocenters. The van der Waals surface area contributed by atoms with Crippen molar-refractivity contribution in [2.45, 2.75) is 39.7 Å². The second-order valence-corrected chi connectivity index (χ2v) is 5.18. The fourth-order valence-electron chi connectivity index (χ4n) is 1.66. The second kappa shape index (κ2) is 7.04. The zero-order valence-electron chi connectivity index (χ0n) is 12.6. The first-order valence-electron chi connectivity index (χ1n) is 6.59. The molecular formula is C13H23N5O2. The Bertz CT molecular complexity index is 462. The van der Waals surface area contributed by atoms with Crippen LogP contribution in [0, 0.1) is 5.92 Å². The number of carbonyl (C=O) groups excluding carboxylic acids is 1. The largest absolute Gasteiger partial charge is 0.467 e. The van der Waals surface area contributed by atoms with Crippen LogP contribution in [0.2, 0.25) is 0 Å². The zero-order valence-corrected chi connectivity index (χ0v) is 12.6. The van der Waals surface area contributed by atoms with Crippen LogP contribution in [0.3, 0.4) is 0 Å². The topological polar surface area (TPSA) is 102 Å². The van der Waals surface area contributed by atoms with Gasteiger partial charge in [-0.25, -0.2) is 20.6 Å². The summed E-state index contributed by atoms with van der Waals surface area (Å²) in [4.78, 5) is 20.4. The molecule has 1 aromatic heterocycles. The first kappa shape index (κ1) is 16.2. The fraction of sp³-hybridized carbons (Fsp3) is 0.615. The van der Waals surface area contributed by atoms with Crippen molar-refractivity contribution < 1.29 is 9.53 Å². The number of hydrogen-bond donors (Lipinski definition) is 3. The fourth-order valence-corrected chi connectivity index (χ4v) is 1.66. The molecule has 1 heterocycles. The molecule has 0 bridgehead atoms. The average Bonchev–Trinajstić information content (AvgIpc) is 2.43. The molecule has 0 aliphatic rings. The molecule has 0 aliphatic carbocycles. The van der Waals surface area contributed by atoms with E-state index in [-0.39, 0.29) is 17.8 Å². The maximum atomic E-state index is 11.8. The Labute approximate surface area is 119 Å². The summed E-state index contributed by atoms with van der Waals surface area (Å²) in [5, 5.41) is 3.08. The van der Waals surface area contributed by atoms with Crippen molar-refractivity contribution in [2.75, 3.05) is 17.9 Å². The number of nitrogens with zero attached hydrogens (tertiary/aromatic N) is 2. The first-order chi connectivity index (χ1) is 9.38. The molecule has 112 valence electrons. The second-order valence-electron chi connectivity index (χ2n) is 5.18. The molecule has 0 amide bonds. The Kier molecular flexibility index (Phi) is 5.69. The molecule has 0 aromatic carbocycles. The standard InChI is InChI=1S/C13H23N5O2/c1-7(2)11(13(19)20-5)15-9-6-10(18-14)17-12(16-9)8(3)4/h6-8,11H,14H2,1-5H3,(H2,15,16,17,18). The van der Waals surface area contributed by atoms with Gasteiger partial charge in [-0.15, -0.1) is 0 Å². The molecule has 0 saturated carbocycles. The highest BCUT2D eigenvalue weighted by Crippen LogP contribution is 2.18. The maximum absolute atomic E-state index is 11.8. The molecule has 0 fully saturated rings. The Morgan fingerprint density at radius 3 is 2.30 bits per heavy atom. The van der Waals surface area contributed by atoms with Crippen molar-refractivity contribution in [1.29, 1.82) is 0 Å². The summed E-state index contributed by atoms with van der Waals surface area (Å²) in [6, 6.07) is 1.19. The van der Waals surface area contributed by atoms with Crippen molar-refractivity contribution in [3.63, 3.8) is 0 Å². The van der Waals surface area contributed by atoms with Gasteiger partial charge in [0.25, 0.3) is 0 Å². The normalized spacial score (nSPS) is 12.4. The predicted molar refractivity (Wildman–Crippen MR) is 78.2 cm³/mol. The molecule has 7 nitrogen and oxygen atoms in total. The summed E-state index contributed by atoms with van der Waals surface area (Å²) in [5.41, 5.74) is 2.50. The SMILES string of the molecule is COC(=O)C(Nc1cc(NN)nc(C(C)C)n1)C(C)C. The minimum atomic E-state index is -0.472. The van der Waals surface area contributed by atoms with Crippen LogP contribution in [0.15, 0.2) is 6.07 Å². The van der Waals surface area contributed by atoms with E-state index in [2.05, 4.69) is 20.7 Å². The third-order valence-corrected chi connectivity index (χ3v) is 2.83. The van der Waals surface area contributed by atoms with Gasteiger partial charge in [0.05, 0.1) is 7.11 Å². The number of rotatable bonds is 6. The van der Waals surface area contributed by atoms with Gasteiger partial charge in [-0.1, -0.05) is 27.7 Å². The van der Waals surface area contributed by atoms with Gasteiger partial charge in [-0.05, 0) is 5.92 Å². The van der Waals surface area contributed by atoms with Crippen molar-refractivity contribution in [1.82, 2.24) is 9.97 Å². The molecular weight excluding hydrogens is 258 g/mol. The number of anilines is 2. The monoisotopic (exact) mass is 281 g/mol. The number of aromatic nitrogens is 2. The zero-order chi connectivity index (χ0) is 15.3. The van der Waals surface area contributed by atoms with Gasteiger partial charge in [0.1, 0.15) is 23.5 Å². The minimum absolute atomic E-state index is 0.0641. The van der Waals surface area contributed by atoms with E-state index in [9.17, 15) is 4.79 Å². The number of hydrazine groups is 1. The minimum Gasteiger partial charge on any atom is -0.467 e. The number of ether oxygens (including phenoxy) is 1. The molecule has 7 heteroatoms. The van der Waals surface area contributed by atoms with E-state index < -0.39 is 6.04 Å². The lowest BCUT2D eigenvalue weighted by Gasteiger charge is -2.21. The third kappa shape index (κ3) is 4.06. The van der Waals surface area contributed by atoms with Gasteiger partial charge in [-0.2, -0.15) is 0 Å². The predicted octanol–water partition coefficient (Wildman–Crippen LogP) is 1.50. The number of nitrogen functional groups attached to an aromatic ring is 1. The quantitative estimate of drug-likeness (QED) is 0.412. The maximum Gasteiger partial charge on any atom is 0.328 e. The third-order valence-electron chi connectivity index (χ3n) is 2.83. The lowest BCUT2D eigenvalue weighted by molar-refractivity contribution is -0.142. The molecule has 4 N–H and O–H groups in total. The van der Waals surface area contributed by atoms with Gasteiger partial charge in [0.2, 0.25) is 0 Å². The summed E-state index contributed by atoms with van der Waals surface area (Å²) >= 11 is 0. The van der Waals surface area contributed by atoms with E-state index in [1.807, 2.05) is 27.7 Å². The number of hydrogen-bond acceptors (Lipinski definition) is 7. The molecule has 1 atom stereocenters. The molecule has 0 radical (unpaired) electrons. The highest BCUT2D eigenvalue weighted by molar-refractivity contribution is 5.79. The van der Waals surface area contributed by atoms with E-state index in [0.29, 0.717) is 17.5 Å².